The summed E-state index contributed by atoms with van der Waals surface area (Å²) in [6, 6.07) is 0. The Morgan fingerprint density at radius 2 is 1.30 bits per heavy atom. The maximum Gasteiger partial charge on any atom is 0.334 e. The van der Waals surface area contributed by atoms with E-state index in [9.17, 15) is 9.59 Å². The average molecular weight is 362 g/mol. The summed E-state index contributed by atoms with van der Waals surface area (Å²) in [5.41, 5.74) is 3.45. The van der Waals surface area contributed by atoms with Crippen molar-refractivity contribution in [3.05, 3.63) is 47.6 Å². The number of esters is 2. The van der Waals surface area contributed by atoms with Gasteiger partial charge in [0.25, 0.3) is 0 Å². The molecule has 10 atom stereocenters. The second kappa shape index (κ2) is 3.87. The minimum Gasteiger partial charge on any atom is -0.466 e. The number of carbonyl (C=O) groups excluding carboxylic acids is 2. The van der Waals surface area contributed by atoms with Crippen LogP contribution in [0.1, 0.15) is 6.42 Å². The molecule has 4 nitrogen and oxygen atoms in total. The van der Waals surface area contributed by atoms with Crippen LogP contribution in [0.2, 0.25) is 0 Å². The molecule has 8 rings (SSSR count). The lowest BCUT2D eigenvalue weighted by Gasteiger charge is -2.74. The molecule has 0 heterocycles. The summed E-state index contributed by atoms with van der Waals surface area (Å²) in [5, 5.41) is 0. The van der Waals surface area contributed by atoms with Crippen LogP contribution in [0.5, 0.6) is 0 Å². The smallest absolute Gasteiger partial charge is 0.334 e. The molecule has 0 radical (unpaired) electrons. The Labute approximate surface area is 158 Å². The van der Waals surface area contributed by atoms with Gasteiger partial charge >= 0.3 is 11.9 Å². The van der Waals surface area contributed by atoms with E-state index in [1.54, 1.807) is 0 Å². The molecule has 0 aromatic rings. The van der Waals surface area contributed by atoms with Crippen LogP contribution in [0.15, 0.2) is 47.6 Å². The van der Waals surface area contributed by atoms with Crippen molar-refractivity contribution in [3.8, 4) is 0 Å². The Morgan fingerprint density at radius 1 is 0.889 bits per heavy atom. The molecule has 0 aliphatic heterocycles. The predicted molar refractivity (Wildman–Crippen MR) is 95.9 cm³/mol. The largest absolute Gasteiger partial charge is 0.466 e. The molecule has 0 amide bonds. The first-order chi connectivity index (χ1) is 13.0. The molecule has 0 aromatic carbocycles. The van der Waals surface area contributed by atoms with Crippen LogP contribution in [0.4, 0.5) is 0 Å². The Bertz CT molecular complexity index is 908. The molecule has 138 valence electrons. The molecule has 27 heavy (non-hydrogen) atoms. The Kier molecular flexibility index (Phi) is 2.14. The van der Waals surface area contributed by atoms with Gasteiger partial charge in [-0.3, -0.25) is 0 Å². The van der Waals surface area contributed by atoms with Crippen LogP contribution >= 0.6 is 0 Å². The number of allylic oxidation sites excluding steroid dienone is 4. The van der Waals surface area contributed by atoms with Gasteiger partial charge in [0.05, 0.1) is 25.4 Å². The van der Waals surface area contributed by atoms with Gasteiger partial charge in [0, 0.05) is 22.7 Å². The molecule has 0 saturated heterocycles. The van der Waals surface area contributed by atoms with Crippen molar-refractivity contribution >= 4 is 11.9 Å². The van der Waals surface area contributed by atoms with Gasteiger partial charge in [0.1, 0.15) is 0 Å². The number of hydrogen-bond donors (Lipinski definition) is 0. The van der Waals surface area contributed by atoms with Gasteiger partial charge in [-0.05, 0) is 41.9 Å². The van der Waals surface area contributed by atoms with Crippen molar-refractivity contribution in [2.24, 2.45) is 58.2 Å². The second-order valence-electron chi connectivity index (χ2n) is 9.61. The van der Waals surface area contributed by atoms with Gasteiger partial charge in [0.2, 0.25) is 0 Å². The predicted octanol–water partition coefficient (Wildman–Crippen LogP) is 2.69. The summed E-state index contributed by atoms with van der Waals surface area (Å²) in [4.78, 5) is 25.7. The molecular formula is C23H22O4. The standard InChI is InChI=1S/C23H22O4/c1-8-14-10-7-11-15(14)9(2)23-13-6-5-12(22(8,23)18(10)19(11)23)16(20(24)26-3)17(13)21(25)27-4/h5-6,10-15,18-19H,1-2,7H2,3-4H3/t10?,11?,12-,13+,14?,15?,18?,19?,22?,23?. The lowest BCUT2D eigenvalue weighted by atomic mass is 9.27. The lowest BCUT2D eigenvalue weighted by Crippen LogP contribution is -2.72. The van der Waals surface area contributed by atoms with E-state index in [1.165, 1.54) is 31.8 Å². The van der Waals surface area contributed by atoms with E-state index in [0.29, 0.717) is 46.7 Å². The summed E-state index contributed by atoms with van der Waals surface area (Å²) in [6.45, 7) is 9.28. The first-order valence-corrected chi connectivity index (χ1v) is 9.97. The van der Waals surface area contributed by atoms with Gasteiger partial charge in [-0.2, -0.15) is 0 Å². The topological polar surface area (TPSA) is 52.6 Å². The quantitative estimate of drug-likeness (QED) is 0.560. The number of ether oxygens (including phenoxy) is 2. The van der Waals surface area contributed by atoms with Crippen molar-refractivity contribution in [2.45, 2.75) is 6.42 Å². The molecular weight excluding hydrogens is 340 g/mol. The van der Waals surface area contributed by atoms with Crippen molar-refractivity contribution in [1.29, 1.82) is 0 Å². The van der Waals surface area contributed by atoms with Crippen LogP contribution in [0.3, 0.4) is 0 Å². The molecule has 5 saturated carbocycles. The summed E-state index contributed by atoms with van der Waals surface area (Å²) in [6.07, 6.45) is 5.59. The van der Waals surface area contributed by atoms with Gasteiger partial charge in [-0.25, -0.2) is 9.59 Å². The summed E-state index contributed by atoms with van der Waals surface area (Å²) in [7, 11) is 2.79. The normalized spacial score (nSPS) is 56.1. The Morgan fingerprint density at radius 3 is 1.67 bits per heavy atom. The SMILES string of the molecule is C=C1C2C3CC4C2C(=C)C25C4C3C12[C@@H]1C=C[C@H]5C(C(=O)OC)=C1C(=O)OC. The first-order valence-electron chi connectivity index (χ1n) is 9.97. The highest BCUT2D eigenvalue weighted by molar-refractivity contribution is 6.03. The van der Waals surface area contributed by atoms with Crippen LogP contribution in [0.25, 0.3) is 0 Å². The fourth-order valence-corrected chi connectivity index (χ4v) is 10.1. The Hall–Kier alpha value is -2.10. The van der Waals surface area contributed by atoms with Crippen molar-refractivity contribution in [1.82, 2.24) is 0 Å². The molecule has 8 unspecified atom stereocenters. The summed E-state index contributed by atoms with van der Waals surface area (Å²) < 4.78 is 10.3. The fourth-order valence-electron chi connectivity index (χ4n) is 10.1. The second-order valence-corrected chi connectivity index (χ2v) is 9.61. The van der Waals surface area contributed by atoms with Gasteiger partial charge in [-0.15, -0.1) is 0 Å². The third kappa shape index (κ3) is 0.985. The minimum atomic E-state index is -0.398. The van der Waals surface area contributed by atoms with E-state index in [1.807, 2.05) is 0 Å². The number of fused-ring (bicyclic) bond motifs is 1. The van der Waals surface area contributed by atoms with E-state index in [4.69, 9.17) is 9.47 Å². The molecule has 5 fully saturated rings. The highest BCUT2D eigenvalue weighted by Crippen LogP contribution is 2.99. The molecule has 2 spiro atoms. The van der Waals surface area contributed by atoms with E-state index < -0.39 is 11.9 Å². The van der Waals surface area contributed by atoms with Crippen LogP contribution in [-0.4, -0.2) is 26.2 Å². The van der Waals surface area contributed by atoms with E-state index >= 15 is 0 Å². The van der Waals surface area contributed by atoms with Crippen LogP contribution in [0, 0.1) is 58.2 Å². The fraction of sp³-hybridized carbons (Fsp3) is 0.565. The van der Waals surface area contributed by atoms with Gasteiger partial charge in [-0.1, -0.05) is 36.5 Å². The summed E-state index contributed by atoms with van der Waals surface area (Å²) >= 11 is 0. The third-order valence-corrected chi connectivity index (χ3v) is 9.97. The molecule has 0 N–H and O–H groups in total. The van der Waals surface area contributed by atoms with Crippen LogP contribution in [-0.2, 0) is 19.1 Å². The zero-order valence-electron chi connectivity index (χ0n) is 15.5. The molecule has 0 aromatic heterocycles. The molecule has 4 heteroatoms. The van der Waals surface area contributed by atoms with Crippen molar-refractivity contribution < 1.29 is 19.1 Å². The zero-order valence-corrected chi connectivity index (χ0v) is 15.5. The maximum absolute atomic E-state index is 12.9. The van der Waals surface area contributed by atoms with Crippen molar-refractivity contribution in [3.63, 3.8) is 0 Å². The first kappa shape index (κ1) is 14.9. The monoisotopic (exact) mass is 362 g/mol. The van der Waals surface area contributed by atoms with E-state index in [2.05, 4.69) is 25.3 Å². The van der Waals surface area contributed by atoms with Crippen LogP contribution < -0.4 is 0 Å². The third-order valence-electron chi connectivity index (χ3n) is 9.97. The minimum absolute atomic E-state index is 0.133. The van der Waals surface area contributed by atoms with E-state index in [0.717, 1.165) is 0 Å². The van der Waals surface area contributed by atoms with Gasteiger partial charge in [0.15, 0.2) is 0 Å². The molecule has 8 aliphatic carbocycles. The number of carbonyl (C=O) groups is 2. The van der Waals surface area contributed by atoms with E-state index in [-0.39, 0.29) is 22.7 Å². The number of rotatable bonds is 2. The van der Waals surface area contributed by atoms with Crippen molar-refractivity contribution in [2.75, 3.05) is 14.2 Å². The summed E-state index contributed by atoms with van der Waals surface area (Å²) in [5.74, 6) is 2.56. The average Bonchev–Trinajstić information content (AvgIpc) is 3.22. The zero-order chi connectivity index (χ0) is 18.6. The number of hydrogen-bond acceptors (Lipinski definition) is 4. The van der Waals surface area contributed by atoms with Gasteiger partial charge < -0.3 is 9.47 Å². The molecule has 8 aliphatic rings. The highest BCUT2D eigenvalue weighted by atomic mass is 16.5. The molecule has 4 bridgehead atoms. The lowest BCUT2D eigenvalue weighted by molar-refractivity contribution is -0.189. The highest BCUT2D eigenvalue weighted by Gasteiger charge is 2.95. The Balaban J connectivity index is 1.59. The maximum atomic E-state index is 12.9. The number of methoxy groups -OCH3 is 2.